The molecule has 0 spiro atoms. The molecule has 0 aromatic heterocycles. The molecule has 2 nitrogen and oxygen atoms in total. The van der Waals surface area contributed by atoms with Crippen molar-refractivity contribution in [2.45, 2.75) is 19.4 Å². The van der Waals surface area contributed by atoms with E-state index in [1.807, 2.05) is 31.2 Å². The van der Waals surface area contributed by atoms with Crippen LogP contribution in [0.1, 0.15) is 22.7 Å². The summed E-state index contributed by atoms with van der Waals surface area (Å²) in [5.41, 5.74) is 5.58. The SMILES string of the molecule is Cc1ccc(CC(NN)c2cc(Br)ccc2F)cc1. The van der Waals surface area contributed by atoms with Crippen LogP contribution in [0.15, 0.2) is 46.9 Å². The summed E-state index contributed by atoms with van der Waals surface area (Å²) < 4.78 is 14.7. The van der Waals surface area contributed by atoms with Crippen LogP contribution >= 0.6 is 15.9 Å². The molecule has 0 heterocycles. The van der Waals surface area contributed by atoms with Crippen molar-refractivity contribution in [3.8, 4) is 0 Å². The van der Waals surface area contributed by atoms with Gasteiger partial charge in [0.15, 0.2) is 0 Å². The van der Waals surface area contributed by atoms with Crippen molar-refractivity contribution in [3.05, 3.63) is 69.4 Å². The van der Waals surface area contributed by atoms with Crippen LogP contribution in [0, 0.1) is 12.7 Å². The van der Waals surface area contributed by atoms with E-state index in [4.69, 9.17) is 5.84 Å². The highest BCUT2D eigenvalue weighted by atomic mass is 79.9. The van der Waals surface area contributed by atoms with E-state index in [2.05, 4.69) is 21.4 Å². The summed E-state index contributed by atoms with van der Waals surface area (Å²) in [6, 6.07) is 12.8. The lowest BCUT2D eigenvalue weighted by Crippen LogP contribution is -2.30. The number of aryl methyl sites for hydroxylation is 1. The molecular weight excluding hydrogens is 307 g/mol. The Labute approximate surface area is 120 Å². The molecule has 100 valence electrons. The zero-order chi connectivity index (χ0) is 13.8. The minimum absolute atomic E-state index is 0.250. The fraction of sp³-hybridized carbons (Fsp3) is 0.200. The molecule has 2 rings (SSSR count). The molecule has 2 aromatic rings. The quantitative estimate of drug-likeness (QED) is 0.666. The third-order valence-electron chi connectivity index (χ3n) is 3.10. The average Bonchev–Trinajstić information content (AvgIpc) is 2.41. The molecule has 19 heavy (non-hydrogen) atoms. The molecule has 0 aliphatic carbocycles. The zero-order valence-electron chi connectivity index (χ0n) is 10.7. The summed E-state index contributed by atoms with van der Waals surface area (Å²) in [4.78, 5) is 0. The number of hydrogen-bond acceptors (Lipinski definition) is 2. The summed E-state index contributed by atoms with van der Waals surface area (Å²) in [5.74, 6) is 5.32. The molecule has 1 unspecified atom stereocenters. The minimum Gasteiger partial charge on any atom is -0.271 e. The molecule has 0 bridgehead atoms. The lowest BCUT2D eigenvalue weighted by atomic mass is 9.98. The predicted molar refractivity (Wildman–Crippen MR) is 79.0 cm³/mol. The first-order chi connectivity index (χ1) is 9.10. The number of halogens is 2. The van der Waals surface area contributed by atoms with Gasteiger partial charge in [-0.15, -0.1) is 0 Å². The van der Waals surface area contributed by atoms with Gasteiger partial charge in [-0.2, -0.15) is 0 Å². The van der Waals surface area contributed by atoms with E-state index in [9.17, 15) is 4.39 Å². The Balaban J connectivity index is 2.24. The van der Waals surface area contributed by atoms with Crippen molar-refractivity contribution in [1.82, 2.24) is 5.43 Å². The van der Waals surface area contributed by atoms with Gasteiger partial charge in [-0.25, -0.2) is 4.39 Å². The number of rotatable bonds is 4. The molecule has 0 amide bonds. The molecule has 4 heteroatoms. The molecule has 0 saturated carbocycles. The molecule has 0 saturated heterocycles. The first-order valence-electron chi connectivity index (χ1n) is 6.07. The Morgan fingerprint density at radius 1 is 1.21 bits per heavy atom. The molecule has 0 radical (unpaired) electrons. The molecule has 0 aliphatic rings. The van der Waals surface area contributed by atoms with Gasteiger partial charge in [-0.1, -0.05) is 45.8 Å². The summed E-state index contributed by atoms with van der Waals surface area (Å²) in [6.45, 7) is 2.04. The minimum atomic E-state index is -0.252. The smallest absolute Gasteiger partial charge is 0.128 e. The highest BCUT2D eigenvalue weighted by Gasteiger charge is 2.15. The number of benzene rings is 2. The Morgan fingerprint density at radius 2 is 1.89 bits per heavy atom. The fourth-order valence-corrected chi connectivity index (χ4v) is 2.38. The summed E-state index contributed by atoms with van der Waals surface area (Å²) in [7, 11) is 0. The second-order valence-electron chi connectivity index (χ2n) is 4.57. The van der Waals surface area contributed by atoms with E-state index in [0.717, 1.165) is 10.0 Å². The summed E-state index contributed by atoms with van der Waals surface area (Å²) in [6.07, 6.45) is 0.643. The van der Waals surface area contributed by atoms with E-state index >= 15 is 0 Å². The van der Waals surface area contributed by atoms with Crippen LogP contribution in [0.25, 0.3) is 0 Å². The second kappa shape index (κ2) is 6.28. The standard InChI is InChI=1S/C15H16BrFN2/c1-10-2-4-11(5-3-10)8-15(19-18)13-9-12(16)6-7-14(13)17/h2-7,9,15,19H,8,18H2,1H3. The first kappa shape index (κ1) is 14.2. The second-order valence-corrected chi connectivity index (χ2v) is 5.49. The normalized spacial score (nSPS) is 12.4. The van der Waals surface area contributed by atoms with Gasteiger partial charge < -0.3 is 0 Å². The summed E-state index contributed by atoms with van der Waals surface area (Å²) in [5, 5.41) is 0. The van der Waals surface area contributed by atoms with Crippen molar-refractivity contribution in [2.75, 3.05) is 0 Å². The van der Waals surface area contributed by atoms with Gasteiger partial charge in [0.25, 0.3) is 0 Å². The van der Waals surface area contributed by atoms with E-state index in [-0.39, 0.29) is 11.9 Å². The molecule has 3 N–H and O–H groups in total. The molecule has 0 aliphatic heterocycles. The average molecular weight is 323 g/mol. The molecule has 1 atom stereocenters. The van der Waals surface area contributed by atoms with Crippen molar-refractivity contribution in [2.24, 2.45) is 5.84 Å². The highest BCUT2D eigenvalue weighted by molar-refractivity contribution is 9.10. The van der Waals surface area contributed by atoms with Crippen LogP contribution in [-0.4, -0.2) is 0 Å². The maximum Gasteiger partial charge on any atom is 0.128 e. The van der Waals surface area contributed by atoms with Gasteiger partial charge in [-0.3, -0.25) is 11.3 Å². The Bertz CT molecular complexity index is 555. The third-order valence-corrected chi connectivity index (χ3v) is 3.59. The summed E-state index contributed by atoms with van der Waals surface area (Å²) >= 11 is 3.35. The fourth-order valence-electron chi connectivity index (χ4n) is 2.00. The van der Waals surface area contributed by atoms with Crippen LogP contribution in [0.4, 0.5) is 4.39 Å². The van der Waals surface area contributed by atoms with Crippen LogP contribution in [0.5, 0.6) is 0 Å². The zero-order valence-corrected chi connectivity index (χ0v) is 12.2. The van der Waals surface area contributed by atoms with Crippen molar-refractivity contribution in [3.63, 3.8) is 0 Å². The van der Waals surface area contributed by atoms with E-state index < -0.39 is 0 Å². The van der Waals surface area contributed by atoms with Crippen LogP contribution in [0.3, 0.4) is 0 Å². The van der Waals surface area contributed by atoms with Gasteiger partial charge in [0.05, 0.1) is 6.04 Å². The topological polar surface area (TPSA) is 38.0 Å². The largest absolute Gasteiger partial charge is 0.271 e. The first-order valence-corrected chi connectivity index (χ1v) is 6.86. The third kappa shape index (κ3) is 3.62. The van der Waals surface area contributed by atoms with E-state index in [1.165, 1.54) is 11.6 Å². The van der Waals surface area contributed by atoms with Gasteiger partial charge in [0, 0.05) is 10.0 Å². The molecular formula is C15H16BrFN2. The van der Waals surface area contributed by atoms with Gasteiger partial charge in [0.2, 0.25) is 0 Å². The van der Waals surface area contributed by atoms with Gasteiger partial charge >= 0.3 is 0 Å². The van der Waals surface area contributed by atoms with E-state index in [0.29, 0.717) is 12.0 Å². The lowest BCUT2D eigenvalue weighted by molar-refractivity contribution is 0.510. The predicted octanol–water partition coefficient (Wildman–Crippen LogP) is 3.64. The Morgan fingerprint density at radius 3 is 2.53 bits per heavy atom. The number of hydrogen-bond donors (Lipinski definition) is 2. The maximum absolute atomic E-state index is 13.9. The Hall–Kier alpha value is -1.23. The highest BCUT2D eigenvalue weighted by Crippen LogP contribution is 2.24. The number of hydrazine groups is 1. The monoisotopic (exact) mass is 322 g/mol. The van der Waals surface area contributed by atoms with Crippen molar-refractivity contribution >= 4 is 15.9 Å². The van der Waals surface area contributed by atoms with Gasteiger partial charge in [-0.05, 0) is 37.1 Å². The van der Waals surface area contributed by atoms with Crippen LogP contribution in [-0.2, 0) is 6.42 Å². The Kier molecular flexibility index (Phi) is 4.69. The molecule has 2 aromatic carbocycles. The van der Waals surface area contributed by atoms with Crippen LogP contribution < -0.4 is 11.3 Å². The maximum atomic E-state index is 13.9. The van der Waals surface area contributed by atoms with Crippen LogP contribution in [0.2, 0.25) is 0 Å². The van der Waals surface area contributed by atoms with E-state index in [1.54, 1.807) is 12.1 Å². The number of nitrogens with one attached hydrogen (secondary N) is 1. The van der Waals surface area contributed by atoms with Crippen molar-refractivity contribution in [1.29, 1.82) is 0 Å². The lowest BCUT2D eigenvalue weighted by Gasteiger charge is -2.17. The number of nitrogens with two attached hydrogens (primary N) is 1. The van der Waals surface area contributed by atoms with Crippen molar-refractivity contribution < 1.29 is 4.39 Å². The van der Waals surface area contributed by atoms with Gasteiger partial charge in [0.1, 0.15) is 5.82 Å². The molecule has 0 fully saturated rings.